The molecular formula is C19H34N2O2. The molecule has 0 aromatic carbocycles. The third-order valence-corrected chi connectivity index (χ3v) is 5.99. The summed E-state index contributed by atoms with van der Waals surface area (Å²) in [5, 5.41) is 16.5. The standard InChI is InChI=1S/C19H34N2O2/c1-3-5-15-6-10-19(4-2,14-15)11-7-17(22)18(23)21-16-8-12-20-13-9-16/h3,15-17,20,22H,1,4-14H2,2H3,(H,21,23). The van der Waals surface area contributed by atoms with Crippen LogP contribution in [0.5, 0.6) is 0 Å². The summed E-state index contributed by atoms with van der Waals surface area (Å²) in [7, 11) is 0. The first kappa shape index (κ1) is 18.5. The normalized spacial score (nSPS) is 30.1. The second kappa shape index (κ2) is 8.84. The second-order valence-corrected chi connectivity index (χ2v) is 7.57. The number of allylic oxidation sites excluding steroid dienone is 1. The van der Waals surface area contributed by atoms with Crippen molar-refractivity contribution in [1.82, 2.24) is 10.6 Å². The average Bonchev–Trinajstić information content (AvgIpc) is 2.98. The molecule has 3 N–H and O–H groups in total. The highest BCUT2D eigenvalue weighted by atomic mass is 16.3. The van der Waals surface area contributed by atoms with E-state index in [0.717, 1.165) is 51.1 Å². The fraction of sp³-hybridized carbons (Fsp3) is 0.842. The molecule has 1 heterocycles. The molecule has 0 aromatic rings. The molecule has 1 amide bonds. The molecule has 4 heteroatoms. The van der Waals surface area contributed by atoms with Crippen molar-refractivity contribution in [2.75, 3.05) is 13.1 Å². The lowest BCUT2D eigenvalue weighted by Gasteiger charge is -2.30. The minimum Gasteiger partial charge on any atom is -0.383 e. The molecule has 23 heavy (non-hydrogen) atoms. The van der Waals surface area contributed by atoms with Crippen molar-refractivity contribution in [2.24, 2.45) is 11.3 Å². The third-order valence-electron chi connectivity index (χ3n) is 5.99. The van der Waals surface area contributed by atoms with Gasteiger partial charge < -0.3 is 15.7 Å². The summed E-state index contributed by atoms with van der Waals surface area (Å²) in [6.45, 7) is 8.00. The van der Waals surface area contributed by atoms with Crippen molar-refractivity contribution in [1.29, 1.82) is 0 Å². The largest absolute Gasteiger partial charge is 0.383 e. The number of nitrogens with one attached hydrogen (secondary N) is 2. The predicted molar refractivity (Wildman–Crippen MR) is 94.2 cm³/mol. The van der Waals surface area contributed by atoms with E-state index in [2.05, 4.69) is 24.1 Å². The molecule has 3 atom stereocenters. The molecule has 1 aliphatic carbocycles. The molecule has 0 spiro atoms. The Morgan fingerprint density at radius 1 is 1.43 bits per heavy atom. The van der Waals surface area contributed by atoms with Gasteiger partial charge in [-0.2, -0.15) is 0 Å². The molecule has 0 bridgehead atoms. The zero-order valence-electron chi connectivity index (χ0n) is 14.7. The van der Waals surface area contributed by atoms with E-state index in [1.807, 2.05) is 6.08 Å². The van der Waals surface area contributed by atoms with Crippen molar-refractivity contribution in [2.45, 2.75) is 76.9 Å². The van der Waals surface area contributed by atoms with Gasteiger partial charge in [-0.25, -0.2) is 0 Å². The van der Waals surface area contributed by atoms with Crippen LogP contribution in [0, 0.1) is 11.3 Å². The molecule has 2 rings (SSSR count). The van der Waals surface area contributed by atoms with Gasteiger partial charge in [0.1, 0.15) is 6.10 Å². The first-order valence-electron chi connectivity index (χ1n) is 9.38. The van der Waals surface area contributed by atoms with Crippen LogP contribution in [0.3, 0.4) is 0 Å². The summed E-state index contributed by atoms with van der Waals surface area (Å²) in [5.74, 6) is 0.567. The number of amides is 1. The Kier molecular flexibility index (Phi) is 7.09. The average molecular weight is 322 g/mol. The predicted octanol–water partition coefficient (Wildman–Crippen LogP) is 2.77. The van der Waals surface area contributed by atoms with Crippen LogP contribution in [0.15, 0.2) is 12.7 Å². The van der Waals surface area contributed by atoms with Gasteiger partial charge in [-0.05, 0) is 75.8 Å². The number of aliphatic hydroxyl groups excluding tert-OH is 1. The van der Waals surface area contributed by atoms with Crippen LogP contribution < -0.4 is 10.6 Å². The van der Waals surface area contributed by atoms with Crippen molar-refractivity contribution < 1.29 is 9.90 Å². The van der Waals surface area contributed by atoms with E-state index in [1.165, 1.54) is 19.3 Å². The SMILES string of the molecule is C=CCC1CCC(CC)(CCC(O)C(=O)NC2CCNCC2)C1. The molecule has 2 fully saturated rings. The van der Waals surface area contributed by atoms with Gasteiger partial charge in [0.15, 0.2) is 0 Å². The van der Waals surface area contributed by atoms with Crippen molar-refractivity contribution >= 4 is 5.91 Å². The number of hydrogen-bond donors (Lipinski definition) is 3. The lowest BCUT2D eigenvalue weighted by Crippen LogP contribution is -2.46. The molecule has 0 aromatic heterocycles. The van der Waals surface area contributed by atoms with Gasteiger partial charge in [0.25, 0.3) is 0 Å². The van der Waals surface area contributed by atoms with Gasteiger partial charge in [-0.3, -0.25) is 4.79 Å². The Balaban J connectivity index is 1.76. The van der Waals surface area contributed by atoms with Crippen molar-refractivity contribution in [3.63, 3.8) is 0 Å². The third kappa shape index (κ3) is 5.32. The topological polar surface area (TPSA) is 61.4 Å². The maximum absolute atomic E-state index is 12.2. The van der Waals surface area contributed by atoms with Crippen molar-refractivity contribution in [3.8, 4) is 0 Å². The number of piperidine rings is 1. The van der Waals surface area contributed by atoms with Crippen LogP contribution in [0.25, 0.3) is 0 Å². The van der Waals surface area contributed by atoms with Crippen LogP contribution in [-0.4, -0.2) is 36.2 Å². The highest BCUT2D eigenvalue weighted by Gasteiger charge is 2.37. The summed E-state index contributed by atoms with van der Waals surface area (Å²) >= 11 is 0. The maximum Gasteiger partial charge on any atom is 0.249 e. The number of rotatable bonds is 8. The van der Waals surface area contributed by atoms with Gasteiger partial charge in [0.2, 0.25) is 5.91 Å². The molecule has 1 saturated carbocycles. The Hall–Kier alpha value is -0.870. The van der Waals surface area contributed by atoms with Gasteiger partial charge in [0, 0.05) is 6.04 Å². The summed E-state index contributed by atoms with van der Waals surface area (Å²) in [6.07, 6.45) is 10.6. The van der Waals surface area contributed by atoms with E-state index < -0.39 is 6.10 Å². The fourth-order valence-corrected chi connectivity index (χ4v) is 4.33. The minimum atomic E-state index is -0.855. The maximum atomic E-state index is 12.2. The number of aliphatic hydroxyl groups is 1. The molecule has 1 saturated heterocycles. The Bertz CT molecular complexity index is 393. The highest BCUT2D eigenvalue weighted by Crippen LogP contribution is 2.48. The number of hydrogen-bond acceptors (Lipinski definition) is 3. The molecule has 0 radical (unpaired) electrons. The van der Waals surface area contributed by atoms with Crippen LogP contribution >= 0.6 is 0 Å². The van der Waals surface area contributed by atoms with E-state index >= 15 is 0 Å². The second-order valence-electron chi connectivity index (χ2n) is 7.57. The Morgan fingerprint density at radius 2 is 2.17 bits per heavy atom. The van der Waals surface area contributed by atoms with E-state index in [0.29, 0.717) is 11.8 Å². The quantitative estimate of drug-likeness (QED) is 0.602. The molecule has 3 unspecified atom stereocenters. The summed E-state index contributed by atoms with van der Waals surface area (Å²) in [6, 6.07) is 0.224. The Labute approximate surface area is 141 Å². The van der Waals surface area contributed by atoms with Gasteiger partial charge in [-0.15, -0.1) is 6.58 Å². The van der Waals surface area contributed by atoms with Gasteiger partial charge in [0.05, 0.1) is 0 Å². The monoisotopic (exact) mass is 322 g/mol. The Morgan fingerprint density at radius 3 is 2.83 bits per heavy atom. The lowest BCUT2D eigenvalue weighted by molar-refractivity contribution is -0.130. The van der Waals surface area contributed by atoms with E-state index in [-0.39, 0.29) is 11.9 Å². The number of carbonyl (C=O) groups is 1. The minimum absolute atomic E-state index is 0.177. The molecule has 132 valence electrons. The highest BCUT2D eigenvalue weighted by molar-refractivity contribution is 5.80. The first-order chi connectivity index (χ1) is 11.1. The number of carbonyl (C=O) groups excluding carboxylic acids is 1. The summed E-state index contributed by atoms with van der Waals surface area (Å²) in [4.78, 5) is 12.2. The molecule has 4 nitrogen and oxygen atoms in total. The zero-order valence-corrected chi connectivity index (χ0v) is 14.7. The van der Waals surface area contributed by atoms with Crippen LogP contribution in [0.4, 0.5) is 0 Å². The van der Waals surface area contributed by atoms with Crippen molar-refractivity contribution in [3.05, 3.63) is 12.7 Å². The fourth-order valence-electron chi connectivity index (χ4n) is 4.33. The van der Waals surface area contributed by atoms with E-state index in [1.54, 1.807) is 0 Å². The lowest BCUT2D eigenvalue weighted by atomic mass is 9.77. The van der Waals surface area contributed by atoms with Gasteiger partial charge in [-0.1, -0.05) is 19.4 Å². The zero-order chi connectivity index (χ0) is 16.7. The summed E-state index contributed by atoms with van der Waals surface area (Å²) < 4.78 is 0. The van der Waals surface area contributed by atoms with E-state index in [9.17, 15) is 9.90 Å². The molecule has 2 aliphatic rings. The first-order valence-corrected chi connectivity index (χ1v) is 9.38. The van der Waals surface area contributed by atoms with Gasteiger partial charge >= 0.3 is 0 Å². The van der Waals surface area contributed by atoms with Crippen LogP contribution in [-0.2, 0) is 4.79 Å². The smallest absolute Gasteiger partial charge is 0.249 e. The summed E-state index contributed by atoms with van der Waals surface area (Å²) in [5.41, 5.74) is 0.323. The van der Waals surface area contributed by atoms with Crippen LogP contribution in [0.2, 0.25) is 0 Å². The van der Waals surface area contributed by atoms with E-state index in [4.69, 9.17) is 0 Å². The van der Waals surface area contributed by atoms with Crippen LogP contribution in [0.1, 0.15) is 64.7 Å². The molecular weight excluding hydrogens is 288 g/mol. The molecule has 1 aliphatic heterocycles.